The number of amides is 1. The Morgan fingerprint density at radius 2 is 2.12 bits per heavy atom. The number of hydrogen-bond donors (Lipinski definition) is 3. The van der Waals surface area contributed by atoms with Crippen LogP contribution in [0.25, 0.3) is 0 Å². The molecule has 0 bridgehead atoms. The Balaban J connectivity index is 0.00000256. The second-order valence-electron chi connectivity index (χ2n) is 3.61. The Labute approximate surface area is 108 Å². The summed E-state index contributed by atoms with van der Waals surface area (Å²) in [6, 6.07) is 5.25. The number of hydrogen-bond acceptors (Lipinski definition) is 3. The number of rotatable bonds is 5. The topological polar surface area (TPSA) is 61.4 Å². The minimum atomic E-state index is -0.0992. The van der Waals surface area contributed by atoms with Crippen LogP contribution in [0.1, 0.15) is 18.9 Å². The number of carbonyl (C=O) groups excluding carboxylic acids is 1. The highest BCUT2D eigenvalue weighted by molar-refractivity contribution is 5.92. The lowest BCUT2D eigenvalue weighted by Crippen LogP contribution is -2.18. The molecule has 1 aromatic carbocycles. The second kappa shape index (κ2) is 7.92. The van der Waals surface area contributed by atoms with E-state index in [1.807, 2.05) is 13.0 Å². The number of carbonyl (C=O) groups is 1. The SMILES string of the molecule is CCc1ccc(O)c(NC(=O)CCNC)c1.Cl. The maximum atomic E-state index is 11.5. The van der Waals surface area contributed by atoms with Crippen molar-refractivity contribution in [2.75, 3.05) is 18.9 Å². The van der Waals surface area contributed by atoms with Gasteiger partial charge in [-0.25, -0.2) is 0 Å². The van der Waals surface area contributed by atoms with E-state index in [2.05, 4.69) is 10.6 Å². The van der Waals surface area contributed by atoms with Gasteiger partial charge in [-0.2, -0.15) is 0 Å². The Hall–Kier alpha value is -1.26. The highest BCUT2D eigenvalue weighted by Gasteiger charge is 2.06. The number of phenolic OH excluding ortho intramolecular Hbond substituents is 1. The molecule has 1 aromatic rings. The number of benzene rings is 1. The summed E-state index contributed by atoms with van der Waals surface area (Å²) in [4.78, 5) is 11.5. The van der Waals surface area contributed by atoms with E-state index in [1.165, 1.54) is 0 Å². The molecule has 17 heavy (non-hydrogen) atoms. The standard InChI is InChI=1S/C12H18N2O2.ClH/c1-3-9-4-5-11(15)10(8-9)14-12(16)6-7-13-2;/h4-5,8,13,15H,3,6-7H2,1-2H3,(H,14,16);1H. The van der Waals surface area contributed by atoms with Gasteiger partial charge in [-0.1, -0.05) is 13.0 Å². The van der Waals surface area contributed by atoms with Gasteiger partial charge in [0.2, 0.25) is 5.91 Å². The molecule has 3 N–H and O–H groups in total. The molecule has 4 nitrogen and oxygen atoms in total. The predicted molar refractivity (Wildman–Crippen MR) is 71.9 cm³/mol. The first kappa shape index (κ1) is 15.7. The van der Waals surface area contributed by atoms with Crippen molar-refractivity contribution < 1.29 is 9.90 Å². The third-order valence-electron chi connectivity index (χ3n) is 2.35. The van der Waals surface area contributed by atoms with Crippen LogP contribution in [0.4, 0.5) is 5.69 Å². The Morgan fingerprint density at radius 1 is 1.41 bits per heavy atom. The lowest BCUT2D eigenvalue weighted by Gasteiger charge is -2.08. The molecule has 0 heterocycles. The third kappa shape index (κ3) is 5.06. The van der Waals surface area contributed by atoms with Crippen molar-refractivity contribution in [1.29, 1.82) is 0 Å². The molecule has 0 aromatic heterocycles. The molecule has 0 fully saturated rings. The summed E-state index contributed by atoms with van der Waals surface area (Å²) >= 11 is 0. The summed E-state index contributed by atoms with van der Waals surface area (Å²) < 4.78 is 0. The van der Waals surface area contributed by atoms with Gasteiger partial charge in [-0.3, -0.25) is 4.79 Å². The molecule has 0 saturated heterocycles. The van der Waals surface area contributed by atoms with Gasteiger partial charge in [0, 0.05) is 13.0 Å². The first-order valence-electron chi connectivity index (χ1n) is 5.43. The monoisotopic (exact) mass is 258 g/mol. The van der Waals surface area contributed by atoms with Crippen LogP contribution in [0.15, 0.2) is 18.2 Å². The molecule has 5 heteroatoms. The van der Waals surface area contributed by atoms with Crippen molar-refractivity contribution in [2.45, 2.75) is 19.8 Å². The number of anilines is 1. The summed E-state index contributed by atoms with van der Waals surface area (Å²) in [5.74, 6) is 0.00732. The van der Waals surface area contributed by atoms with Gasteiger partial charge < -0.3 is 15.7 Å². The maximum Gasteiger partial charge on any atom is 0.225 e. The zero-order valence-corrected chi connectivity index (χ0v) is 10.9. The lowest BCUT2D eigenvalue weighted by molar-refractivity contribution is -0.116. The van der Waals surface area contributed by atoms with E-state index in [0.29, 0.717) is 18.7 Å². The average molecular weight is 259 g/mol. The Kier molecular flexibility index (Phi) is 7.34. The van der Waals surface area contributed by atoms with Crippen LogP contribution in [0.5, 0.6) is 5.75 Å². The van der Waals surface area contributed by atoms with E-state index in [-0.39, 0.29) is 24.1 Å². The Bertz CT molecular complexity index is 370. The van der Waals surface area contributed by atoms with Gasteiger partial charge in [0.25, 0.3) is 0 Å². The molecule has 0 unspecified atom stereocenters. The molecule has 0 radical (unpaired) electrons. The molecule has 0 aliphatic rings. The lowest BCUT2D eigenvalue weighted by atomic mass is 10.1. The minimum Gasteiger partial charge on any atom is -0.506 e. The largest absolute Gasteiger partial charge is 0.506 e. The third-order valence-corrected chi connectivity index (χ3v) is 2.35. The second-order valence-corrected chi connectivity index (χ2v) is 3.61. The smallest absolute Gasteiger partial charge is 0.225 e. The summed E-state index contributed by atoms with van der Waals surface area (Å²) in [6.45, 7) is 2.65. The van der Waals surface area contributed by atoms with Crippen LogP contribution < -0.4 is 10.6 Å². The van der Waals surface area contributed by atoms with Crippen molar-refractivity contribution in [2.24, 2.45) is 0 Å². The van der Waals surface area contributed by atoms with E-state index < -0.39 is 0 Å². The van der Waals surface area contributed by atoms with Crippen LogP contribution in [0, 0.1) is 0 Å². The van der Waals surface area contributed by atoms with Crippen LogP contribution in [0.2, 0.25) is 0 Å². The van der Waals surface area contributed by atoms with Crippen molar-refractivity contribution in [3.8, 4) is 5.75 Å². The zero-order chi connectivity index (χ0) is 12.0. The van der Waals surface area contributed by atoms with Crippen molar-refractivity contribution in [1.82, 2.24) is 5.32 Å². The van der Waals surface area contributed by atoms with Gasteiger partial charge >= 0.3 is 0 Å². The quantitative estimate of drug-likeness (QED) is 0.707. The summed E-state index contributed by atoms with van der Waals surface area (Å²) in [5, 5.41) is 15.2. The molecule has 0 atom stereocenters. The van der Waals surface area contributed by atoms with E-state index in [0.717, 1.165) is 12.0 Å². The average Bonchev–Trinajstić information content (AvgIpc) is 2.29. The zero-order valence-electron chi connectivity index (χ0n) is 10.1. The summed E-state index contributed by atoms with van der Waals surface area (Å²) in [6.07, 6.45) is 1.27. The number of phenols is 1. The van der Waals surface area contributed by atoms with Gasteiger partial charge in [-0.15, -0.1) is 12.4 Å². The van der Waals surface area contributed by atoms with Crippen LogP contribution in [-0.2, 0) is 11.2 Å². The van der Waals surface area contributed by atoms with E-state index in [4.69, 9.17) is 0 Å². The van der Waals surface area contributed by atoms with Crippen molar-refractivity contribution in [3.63, 3.8) is 0 Å². The fourth-order valence-electron chi connectivity index (χ4n) is 1.35. The number of halogens is 1. The van der Waals surface area contributed by atoms with Gasteiger partial charge in [-0.05, 0) is 31.2 Å². The molecular formula is C12H19ClN2O2. The number of aromatic hydroxyl groups is 1. The Morgan fingerprint density at radius 3 is 2.71 bits per heavy atom. The van der Waals surface area contributed by atoms with Crippen molar-refractivity contribution >= 4 is 24.0 Å². The summed E-state index contributed by atoms with van der Waals surface area (Å²) in [7, 11) is 1.79. The minimum absolute atomic E-state index is 0. The molecule has 1 amide bonds. The normalized spacial score (nSPS) is 9.53. The number of nitrogens with one attached hydrogen (secondary N) is 2. The molecule has 0 aliphatic carbocycles. The first-order valence-corrected chi connectivity index (χ1v) is 5.43. The fourth-order valence-corrected chi connectivity index (χ4v) is 1.35. The van der Waals surface area contributed by atoms with E-state index in [9.17, 15) is 9.90 Å². The van der Waals surface area contributed by atoms with Crippen LogP contribution in [0.3, 0.4) is 0 Å². The predicted octanol–water partition coefficient (Wildman–Crippen LogP) is 1.92. The van der Waals surface area contributed by atoms with Crippen LogP contribution in [-0.4, -0.2) is 24.6 Å². The van der Waals surface area contributed by atoms with E-state index >= 15 is 0 Å². The maximum absolute atomic E-state index is 11.5. The van der Waals surface area contributed by atoms with Crippen molar-refractivity contribution in [3.05, 3.63) is 23.8 Å². The molecule has 0 aliphatic heterocycles. The van der Waals surface area contributed by atoms with Gasteiger partial charge in [0.05, 0.1) is 5.69 Å². The molecule has 1 rings (SSSR count). The first-order chi connectivity index (χ1) is 7.67. The van der Waals surface area contributed by atoms with Gasteiger partial charge in [0.15, 0.2) is 0 Å². The van der Waals surface area contributed by atoms with Gasteiger partial charge in [0.1, 0.15) is 5.75 Å². The van der Waals surface area contributed by atoms with Crippen LogP contribution >= 0.6 is 12.4 Å². The van der Waals surface area contributed by atoms with E-state index in [1.54, 1.807) is 19.2 Å². The highest BCUT2D eigenvalue weighted by Crippen LogP contribution is 2.24. The highest BCUT2D eigenvalue weighted by atomic mass is 35.5. The fraction of sp³-hybridized carbons (Fsp3) is 0.417. The molecule has 0 saturated carbocycles. The molecule has 0 spiro atoms. The molecule has 96 valence electrons. The molecular weight excluding hydrogens is 240 g/mol. The summed E-state index contributed by atoms with van der Waals surface area (Å²) in [5.41, 5.74) is 1.57. The number of aryl methyl sites for hydroxylation is 1.